The Balaban J connectivity index is 1.49. The highest BCUT2D eigenvalue weighted by Crippen LogP contribution is 2.33. The first-order valence-electron chi connectivity index (χ1n) is 11.1. The summed E-state index contributed by atoms with van der Waals surface area (Å²) in [7, 11) is -3.66. The maximum Gasteiger partial charge on any atom is 0.240 e. The second-order valence-electron chi connectivity index (χ2n) is 8.62. The predicted molar refractivity (Wildman–Crippen MR) is 124 cm³/mol. The Kier molecular flexibility index (Phi) is 6.91. The van der Waals surface area contributed by atoms with Gasteiger partial charge in [-0.1, -0.05) is 32.8 Å². The molecule has 0 unspecified atom stereocenters. The first kappa shape index (κ1) is 22.5. The molecule has 1 fully saturated rings. The molecule has 1 aliphatic rings. The molecule has 0 amide bonds. The van der Waals surface area contributed by atoms with E-state index in [1.807, 2.05) is 28.9 Å². The Morgan fingerprint density at radius 3 is 2.53 bits per heavy atom. The summed E-state index contributed by atoms with van der Waals surface area (Å²) in [6.07, 6.45) is 6.30. The molecular weight excluding hydrogens is 424 g/mol. The maximum atomic E-state index is 12.8. The van der Waals surface area contributed by atoms with Gasteiger partial charge in [0.05, 0.1) is 41.2 Å². The normalized spacial score (nSPS) is 14.8. The van der Waals surface area contributed by atoms with Crippen LogP contribution in [0.25, 0.3) is 11.4 Å². The molecule has 0 aliphatic heterocycles. The molecule has 1 saturated carbocycles. The van der Waals surface area contributed by atoms with Gasteiger partial charge in [0.1, 0.15) is 5.75 Å². The van der Waals surface area contributed by atoms with Crippen LogP contribution in [0.2, 0.25) is 0 Å². The van der Waals surface area contributed by atoms with E-state index in [-0.39, 0.29) is 11.4 Å². The molecule has 7 nitrogen and oxygen atoms in total. The third kappa shape index (κ3) is 5.37. The summed E-state index contributed by atoms with van der Waals surface area (Å²) in [5.41, 5.74) is 2.45. The first-order chi connectivity index (χ1) is 15.4. The predicted octanol–water partition coefficient (Wildman–Crippen LogP) is 4.57. The number of nitrogens with one attached hydrogen (secondary N) is 1. The summed E-state index contributed by atoms with van der Waals surface area (Å²) in [4.78, 5) is 4.68. The second kappa shape index (κ2) is 9.83. The maximum absolute atomic E-state index is 12.8. The molecule has 32 heavy (non-hydrogen) atoms. The van der Waals surface area contributed by atoms with Crippen molar-refractivity contribution < 1.29 is 13.2 Å². The lowest BCUT2D eigenvalue weighted by atomic mass is 10.2. The summed E-state index contributed by atoms with van der Waals surface area (Å²) < 4.78 is 35.9. The molecule has 3 aromatic rings. The Morgan fingerprint density at radius 2 is 1.88 bits per heavy atom. The van der Waals surface area contributed by atoms with E-state index in [0.29, 0.717) is 30.0 Å². The SMILES string of the molecule is CC(C)COc1ccc(S(=O)(=O)NCc2cc(-c3ccccn3)n(C3CCCC3)n2)cc1. The molecule has 0 atom stereocenters. The van der Waals surface area contributed by atoms with Crippen LogP contribution in [0.4, 0.5) is 0 Å². The molecule has 8 heteroatoms. The fourth-order valence-corrected chi connectivity index (χ4v) is 4.89. The monoisotopic (exact) mass is 454 g/mol. The Labute approximate surface area is 189 Å². The van der Waals surface area contributed by atoms with Crippen LogP contribution in [0.3, 0.4) is 0 Å². The van der Waals surface area contributed by atoms with Crippen LogP contribution in [0.15, 0.2) is 59.6 Å². The van der Waals surface area contributed by atoms with Gasteiger partial charge in [-0.2, -0.15) is 5.10 Å². The van der Waals surface area contributed by atoms with Crippen LogP contribution in [0.5, 0.6) is 5.75 Å². The van der Waals surface area contributed by atoms with Gasteiger partial charge in [-0.25, -0.2) is 13.1 Å². The van der Waals surface area contributed by atoms with E-state index in [1.54, 1.807) is 30.5 Å². The van der Waals surface area contributed by atoms with Gasteiger partial charge in [0, 0.05) is 6.20 Å². The molecule has 0 spiro atoms. The molecule has 1 aliphatic carbocycles. The number of nitrogens with zero attached hydrogens (tertiary/aromatic N) is 3. The second-order valence-corrected chi connectivity index (χ2v) is 10.4. The molecule has 4 rings (SSSR count). The van der Waals surface area contributed by atoms with Crippen LogP contribution >= 0.6 is 0 Å². The highest BCUT2D eigenvalue weighted by atomic mass is 32.2. The largest absolute Gasteiger partial charge is 0.493 e. The van der Waals surface area contributed by atoms with Crippen molar-refractivity contribution in [3.8, 4) is 17.1 Å². The summed E-state index contributed by atoms with van der Waals surface area (Å²) >= 11 is 0. The number of hydrogen-bond donors (Lipinski definition) is 1. The highest BCUT2D eigenvalue weighted by molar-refractivity contribution is 7.89. The molecule has 0 radical (unpaired) electrons. The molecule has 170 valence electrons. The smallest absolute Gasteiger partial charge is 0.240 e. The average Bonchev–Trinajstić information content (AvgIpc) is 3.47. The number of sulfonamides is 1. The number of pyridine rings is 1. The molecule has 0 bridgehead atoms. The topological polar surface area (TPSA) is 86.1 Å². The van der Waals surface area contributed by atoms with Crippen LogP contribution in [-0.2, 0) is 16.6 Å². The van der Waals surface area contributed by atoms with Crippen molar-refractivity contribution >= 4 is 10.0 Å². The van der Waals surface area contributed by atoms with Gasteiger partial charge < -0.3 is 4.74 Å². The van der Waals surface area contributed by atoms with E-state index in [4.69, 9.17) is 9.84 Å². The summed E-state index contributed by atoms with van der Waals surface area (Å²) in [5.74, 6) is 1.06. The van der Waals surface area contributed by atoms with Gasteiger partial charge in [0.2, 0.25) is 10.0 Å². The molecule has 2 aromatic heterocycles. The Hall–Kier alpha value is -2.71. The summed E-state index contributed by atoms with van der Waals surface area (Å²) in [6.45, 7) is 4.84. The van der Waals surface area contributed by atoms with E-state index in [2.05, 4.69) is 23.6 Å². The van der Waals surface area contributed by atoms with Gasteiger partial charge in [0.15, 0.2) is 0 Å². The number of ether oxygens (including phenoxy) is 1. The summed E-state index contributed by atoms with van der Waals surface area (Å²) in [5, 5.41) is 4.75. The zero-order chi connectivity index (χ0) is 22.6. The highest BCUT2D eigenvalue weighted by Gasteiger charge is 2.23. The van der Waals surface area contributed by atoms with Crippen molar-refractivity contribution in [2.75, 3.05) is 6.61 Å². The minimum atomic E-state index is -3.66. The van der Waals surface area contributed by atoms with Crippen LogP contribution in [-0.4, -0.2) is 29.8 Å². The van der Waals surface area contributed by atoms with E-state index < -0.39 is 10.0 Å². The van der Waals surface area contributed by atoms with Gasteiger partial charge in [-0.3, -0.25) is 9.67 Å². The standard InChI is InChI=1S/C24H30N4O3S/c1-18(2)17-31-21-10-12-22(13-11-21)32(29,30)26-16-19-15-24(23-9-5-6-14-25-23)28(27-19)20-7-3-4-8-20/h5-6,9-15,18,20,26H,3-4,7-8,16-17H2,1-2H3. The van der Waals surface area contributed by atoms with Crippen molar-refractivity contribution in [2.24, 2.45) is 5.92 Å². The average molecular weight is 455 g/mol. The van der Waals surface area contributed by atoms with Crippen molar-refractivity contribution in [2.45, 2.75) is 57.0 Å². The fraction of sp³-hybridized carbons (Fsp3) is 0.417. The van der Waals surface area contributed by atoms with Gasteiger partial charge in [-0.15, -0.1) is 0 Å². The minimum absolute atomic E-state index is 0.119. The van der Waals surface area contributed by atoms with E-state index in [9.17, 15) is 8.42 Å². The van der Waals surface area contributed by atoms with Crippen LogP contribution in [0, 0.1) is 5.92 Å². The van der Waals surface area contributed by atoms with Crippen molar-refractivity contribution in [1.29, 1.82) is 0 Å². The van der Waals surface area contributed by atoms with Gasteiger partial charge >= 0.3 is 0 Å². The first-order valence-corrected chi connectivity index (χ1v) is 12.6. The lowest BCUT2D eigenvalue weighted by Gasteiger charge is -2.13. The van der Waals surface area contributed by atoms with E-state index in [0.717, 1.165) is 24.2 Å². The third-order valence-corrected chi connectivity index (χ3v) is 6.96. The van der Waals surface area contributed by atoms with Crippen LogP contribution in [0.1, 0.15) is 51.3 Å². The van der Waals surface area contributed by atoms with Crippen LogP contribution < -0.4 is 9.46 Å². The Bertz CT molecular complexity index is 1120. The molecule has 2 heterocycles. The minimum Gasteiger partial charge on any atom is -0.493 e. The fourth-order valence-electron chi connectivity index (χ4n) is 3.89. The number of hydrogen-bond acceptors (Lipinski definition) is 5. The van der Waals surface area contributed by atoms with E-state index >= 15 is 0 Å². The van der Waals surface area contributed by atoms with Crippen molar-refractivity contribution in [3.05, 3.63) is 60.4 Å². The van der Waals surface area contributed by atoms with Crippen molar-refractivity contribution in [1.82, 2.24) is 19.5 Å². The van der Waals surface area contributed by atoms with Gasteiger partial charge in [-0.05, 0) is 61.2 Å². The molecule has 1 N–H and O–H groups in total. The molecule has 0 saturated heterocycles. The molecule has 1 aromatic carbocycles. The summed E-state index contributed by atoms with van der Waals surface area (Å²) in [6, 6.07) is 14.6. The lowest BCUT2D eigenvalue weighted by molar-refractivity contribution is 0.271. The lowest BCUT2D eigenvalue weighted by Crippen LogP contribution is -2.23. The quantitative estimate of drug-likeness (QED) is 0.512. The molecular formula is C24H30N4O3S. The zero-order valence-electron chi connectivity index (χ0n) is 18.6. The number of benzene rings is 1. The Morgan fingerprint density at radius 1 is 1.12 bits per heavy atom. The van der Waals surface area contributed by atoms with E-state index in [1.165, 1.54) is 12.8 Å². The number of rotatable bonds is 9. The third-order valence-electron chi connectivity index (χ3n) is 5.54. The van der Waals surface area contributed by atoms with Crippen molar-refractivity contribution in [3.63, 3.8) is 0 Å². The number of aromatic nitrogens is 3. The van der Waals surface area contributed by atoms with Gasteiger partial charge in [0.25, 0.3) is 0 Å². The zero-order valence-corrected chi connectivity index (χ0v) is 19.4.